The van der Waals surface area contributed by atoms with Crippen molar-refractivity contribution in [1.29, 1.82) is 0 Å². The summed E-state index contributed by atoms with van der Waals surface area (Å²) in [5, 5.41) is 2.10. The highest BCUT2D eigenvalue weighted by atomic mass is 16.7. The molecular formula is C30H30BN3O2. The summed E-state index contributed by atoms with van der Waals surface area (Å²) >= 11 is 0. The lowest BCUT2D eigenvalue weighted by molar-refractivity contribution is 0.00578. The van der Waals surface area contributed by atoms with E-state index in [1.165, 1.54) is 5.56 Å². The number of hydrazine groups is 1. The van der Waals surface area contributed by atoms with Gasteiger partial charge in [0.1, 0.15) is 5.84 Å². The van der Waals surface area contributed by atoms with Crippen molar-refractivity contribution in [2.45, 2.75) is 45.1 Å². The van der Waals surface area contributed by atoms with Gasteiger partial charge in [-0.2, -0.15) is 0 Å². The summed E-state index contributed by atoms with van der Waals surface area (Å²) in [6.45, 7) is 8.29. The third-order valence-corrected chi connectivity index (χ3v) is 7.54. The summed E-state index contributed by atoms with van der Waals surface area (Å²) in [5.74, 6) is 0.841. The Morgan fingerprint density at radius 1 is 0.750 bits per heavy atom. The van der Waals surface area contributed by atoms with Gasteiger partial charge in [0.15, 0.2) is 6.17 Å². The summed E-state index contributed by atoms with van der Waals surface area (Å²) in [4.78, 5) is 5.10. The highest BCUT2D eigenvalue weighted by Gasteiger charge is 2.51. The third-order valence-electron chi connectivity index (χ3n) is 7.54. The molecule has 3 aliphatic heterocycles. The number of aliphatic imine (C=N–C) groups is 1. The Morgan fingerprint density at radius 3 is 1.94 bits per heavy atom. The van der Waals surface area contributed by atoms with Crippen LogP contribution in [0.1, 0.15) is 44.4 Å². The van der Waals surface area contributed by atoms with Crippen LogP contribution in [0.15, 0.2) is 102 Å². The van der Waals surface area contributed by atoms with Crippen LogP contribution in [-0.2, 0) is 9.31 Å². The average molecular weight is 475 g/mol. The molecule has 3 aromatic carbocycles. The largest absolute Gasteiger partial charge is 0.494 e. The SMILES string of the molecule is CC1(C)OB(c2ccc(C3=NC4C(c5ccccc5)=CC(c5ccccc5)=CN4N3)cc2)OC1(C)C. The maximum atomic E-state index is 6.22. The lowest BCUT2D eigenvalue weighted by Crippen LogP contribution is -2.41. The van der Waals surface area contributed by atoms with Gasteiger partial charge in [-0.1, -0.05) is 84.9 Å². The number of allylic oxidation sites excluding steroid dienone is 2. The van der Waals surface area contributed by atoms with E-state index in [-0.39, 0.29) is 24.5 Å². The first kappa shape index (κ1) is 22.8. The van der Waals surface area contributed by atoms with Gasteiger partial charge in [-0.15, -0.1) is 0 Å². The smallest absolute Gasteiger partial charge is 0.399 e. The lowest BCUT2D eigenvalue weighted by atomic mass is 9.79. The van der Waals surface area contributed by atoms with Crippen molar-refractivity contribution in [3.63, 3.8) is 0 Å². The van der Waals surface area contributed by atoms with Crippen LogP contribution < -0.4 is 10.9 Å². The molecule has 0 aromatic heterocycles. The van der Waals surface area contributed by atoms with E-state index in [0.717, 1.165) is 33.6 Å². The molecule has 0 radical (unpaired) electrons. The van der Waals surface area contributed by atoms with Crippen molar-refractivity contribution in [1.82, 2.24) is 10.4 Å². The second-order valence-electron chi connectivity index (χ2n) is 10.5. The van der Waals surface area contributed by atoms with Crippen LogP contribution in [0, 0.1) is 0 Å². The van der Waals surface area contributed by atoms with Crippen molar-refractivity contribution < 1.29 is 9.31 Å². The van der Waals surface area contributed by atoms with Crippen LogP contribution in [0.2, 0.25) is 0 Å². The molecule has 0 spiro atoms. The van der Waals surface area contributed by atoms with Gasteiger partial charge in [0.05, 0.1) is 11.2 Å². The number of hydrogen-bond donors (Lipinski definition) is 1. The van der Waals surface area contributed by atoms with Crippen molar-refractivity contribution in [3.8, 4) is 0 Å². The van der Waals surface area contributed by atoms with Gasteiger partial charge in [0.25, 0.3) is 0 Å². The monoisotopic (exact) mass is 475 g/mol. The highest BCUT2D eigenvalue weighted by Crippen LogP contribution is 2.37. The van der Waals surface area contributed by atoms with Crippen molar-refractivity contribution in [2.75, 3.05) is 0 Å². The Labute approximate surface area is 213 Å². The van der Waals surface area contributed by atoms with Crippen LogP contribution in [0.3, 0.4) is 0 Å². The molecule has 3 aromatic rings. The Bertz CT molecular complexity index is 1350. The maximum Gasteiger partial charge on any atom is 0.494 e. The predicted octanol–water partition coefficient (Wildman–Crippen LogP) is 5.02. The van der Waals surface area contributed by atoms with Crippen LogP contribution in [-0.4, -0.2) is 35.3 Å². The van der Waals surface area contributed by atoms with Crippen molar-refractivity contribution >= 4 is 29.6 Å². The second kappa shape index (κ2) is 8.51. The molecule has 0 bridgehead atoms. The molecule has 0 aliphatic carbocycles. The molecule has 3 aliphatic rings. The number of nitrogens with zero attached hydrogens (tertiary/aromatic N) is 2. The molecule has 1 fully saturated rings. The molecule has 0 amide bonds. The molecule has 3 heterocycles. The van der Waals surface area contributed by atoms with E-state index in [4.69, 9.17) is 14.3 Å². The zero-order valence-electron chi connectivity index (χ0n) is 21.1. The first-order chi connectivity index (χ1) is 17.3. The van der Waals surface area contributed by atoms with Gasteiger partial charge in [-0.05, 0) is 50.4 Å². The van der Waals surface area contributed by atoms with Gasteiger partial charge >= 0.3 is 7.12 Å². The lowest BCUT2D eigenvalue weighted by Gasteiger charge is -2.32. The van der Waals surface area contributed by atoms with E-state index in [1.807, 2.05) is 12.1 Å². The van der Waals surface area contributed by atoms with Crippen LogP contribution >= 0.6 is 0 Å². The number of amidine groups is 1. The molecule has 1 N–H and O–H groups in total. The van der Waals surface area contributed by atoms with Gasteiger partial charge < -0.3 is 9.31 Å². The molecule has 180 valence electrons. The minimum absolute atomic E-state index is 0.141. The molecule has 36 heavy (non-hydrogen) atoms. The summed E-state index contributed by atoms with van der Waals surface area (Å²) in [6.07, 6.45) is 4.25. The number of fused-ring (bicyclic) bond motifs is 1. The van der Waals surface area contributed by atoms with Gasteiger partial charge in [-0.25, -0.2) is 4.99 Å². The molecule has 5 nitrogen and oxygen atoms in total. The number of benzene rings is 3. The quantitative estimate of drug-likeness (QED) is 0.539. The van der Waals surface area contributed by atoms with Gasteiger partial charge in [-0.3, -0.25) is 10.4 Å². The Kier molecular flexibility index (Phi) is 5.39. The van der Waals surface area contributed by atoms with E-state index < -0.39 is 0 Å². The van der Waals surface area contributed by atoms with E-state index in [9.17, 15) is 0 Å². The normalized spacial score (nSPS) is 21.9. The predicted molar refractivity (Wildman–Crippen MR) is 146 cm³/mol. The first-order valence-corrected chi connectivity index (χ1v) is 12.4. The zero-order valence-corrected chi connectivity index (χ0v) is 21.1. The number of nitrogens with one attached hydrogen (secondary N) is 1. The minimum Gasteiger partial charge on any atom is -0.399 e. The maximum absolute atomic E-state index is 6.22. The molecule has 6 rings (SSSR count). The third kappa shape index (κ3) is 3.96. The Hall–Kier alpha value is -3.61. The summed E-state index contributed by atoms with van der Waals surface area (Å²) in [6, 6.07) is 29.2. The molecule has 1 atom stereocenters. The zero-order chi connectivity index (χ0) is 24.9. The van der Waals surface area contributed by atoms with Crippen LogP contribution in [0.25, 0.3) is 11.1 Å². The first-order valence-electron chi connectivity index (χ1n) is 12.4. The fourth-order valence-electron chi connectivity index (χ4n) is 4.72. The van der Waals surface area contributed by atoms with E-state index in [0.29, 0.717) is 0 Å². The molecular weight excluding hydrogens is 445 g/mol. The molecule has 0 saturated carbocycles. The van der Waals surface area contributed by atoms with Gasteiger partial charge in [0.2, 0.25) is 0 Å². The van der Waals surface area contributed by atoms with Crippen molar-refractivity contribution in [2.24, 2.45) is 4.99 Å². The highest BCUT2D eigenvalue weighted by molar-refractivity contribution is 6.62. The molecule has 1 unspecified atom stereocenters. The summed E-state index contributed by atoms with van der Waals surface area (Å²) in [5.41, 5.74) is 9.47. The standard InChI is InChI=1S/C30H30BN3O2/c1-29(2)30(3,4)36-31(35-29)25-17-15-23(16-18-25)27-32-28-26(22-13-9-6-10-14-22)19-24(20-34(28)33-27)21-11-7-5-8-12-21/h5-20,28H,1-4H3,(H,32,33). The van der Waals surface area contributed by atoms with Crippen molar-refractivity contribution in [3.05, 3.63) is 114 Å². The van der Waals surface area contributed by atoms with E-state index in [1.54, 1.807) is 0 Å². The Balaban J connectivity index is 1.30. The minimum atomic E-state index is -0.377. The summed E-state index contributed by atoms with van der Waals surface area (Å²) < 4.78 is 12.4. The van der Waals surface area contributed by atoms with Crippen LogP contribution in [0.4, 0.5) is 0 Å². The van der Waals surface area contributed by atoms with Crippen LogP contribution in [0.5, 0.6) is 0 Å². The fourth-order valence-corrected chi connectivity index (χ4v) is 4.72. The Morgan fingerprint density at radius 2 is 1.33 bits per heavy atom. The fraction of sp³-hybridized carbons (Fsp3) is 0.233. The number of rotatable bonds is 4. The summed E-state index contributed by atoms with van der Waals surface area (Å²) in [7, 11) is -0.377. The number of hydrogen-bond acceptors (Lipinski definition) is 5. The average Bonchev–Trinajstić information content (AvgIpc) is 3.42. The topological polar surface area (TPSA) is 46.1 Å². The molecule has 1 saturated heterocycles. The second-order valence-corrected chi connectivity index (χ2v) is 10.5. The molecule has 6 heteroatoms. The van der Waals surface area contributed by atoms with E-state index >= 15 is 0 Å². The van der Waals surface area contributed by atoms with Gasteiger partial charge in [0, 0.05) is 22.9 Å². The van der Waals surface area contributed by atoms with E-state index in [2.05, 4.69) is 123 Å².